The number of carbonyl (C=O) groups is 3. The van der Waals surface area contributed by atoms with Crippen LogP contribution in [0.4, 0.5) is 4.79 Å². The van der Waals surface area contributed by atoms with Crippen LogP contribution in [0, 0.1) is 0 Å². The van der Waals surface area contributed by atoms with Gasteiger partial charge in [-0.2, -0.15) is 0 Å². The maximum atomic E-state index is 12.2. The highest BCUT2D eigenvalue weighted by Gasteiger charge is 2.40. The largest absolute Gasteiger partial charge is 0.480 e. The van der Waals surface area contributed by atoms with Crippen molar-refractivity contribution in [2.45, 2.75) is 6.04 Å². The Morgan fingerprint density at radius 1 is 1.30 bits per heavy atom. The van der Waals surface area contributed by atoms with Crippen molar-refractivity contribution in [2.75, 3.05) is 6.54 Å². The highest BCUT2D eigenvalue weighted by atomic mass is 16.4. The molecule has 3 amide bonds. The molecule has 1 aromatic carbocycles. The third-order valence-electron chi connectivity index (χ3n) is 3.25. The van der Waals surface area contributed by atoms with Crippen molar-refractivity contribution in [1.82, 2.24) is 15.2 Å². The van der Waals surface area contributed by atoms with Crippen molar-refractivity contribution < 1.29 is 19.5 Å². The van der Waals surface area contributed by atoms with E-state index in [1.54, 1.807) is 6.20 Å². The van der Waals surface area contributed by atoms with Crippen molar-refractivity contribution in [3.05, 3.63) is 36.0 Å². The minimum absolute atomic E-state index is 0.554. The summed E-state index contributed by atoms with van der Waals surface area (Å²) < 4.78 is 0. The summed E-state index contributed by atoms with van der Waals surface area (Å²) in [5, 5.41) is 12.0. The molecule has 3 N–H and O–H groups in total. The summed E-state index contributed by atoms with van der Waals surface area (Å²) in [4.78, 5) is 38.2. The molecule has 1 aliphatic rings. The zero-order valence-electron chi connectivity index (χ0n) is 10.3. The summed E-state index contributed by atoms with van der Waals surface area (Å²) in [7, 11) is 0. The van der Waals surface area contributed by atoms with Crippen LogP contribution in [0.25, 0.3) is 10.9 Å². The molecule has 1 saturated heterocycles. The Balaban J connectivity index is 1.97. The highest BCUT2D eigenvalue weighted by molar-refractivity contribution is 6.07. The van der Waals surface area contributed by atoms with Crippen LogP contribution < -0.4 is 5.32 Å². The number of carbonyl (C=O) groups excluding carboxylic acids is 2. The third kappa shape index (κ3) is 1.80. The van der Waals surface area contributed by atoms with E-state index >= 15 is 0 Å². The van der Waals surface area contributed by atoms with Crippen molar-refractivity contribution >= 4 is 28.8 Å². The Kier molecular flexibility index (Phi) is 2.67. The zero-order valence-corrected chi connectivity index (χ0v) is 10.3. The highest BCUT2D eigenvalue weighted by Crippen LogP contribution is 2.28. The van der Waals surface area contributed by atoms with Crippen molar-refractivity contribution in [3.8, 4) is 0 Å². The summed E-state index contributed by atoms with van der Waals surface area (Å²) in [6, 6.07) is 5.84. The molecule has 1 aliphatic heterocycles. The van der Waals surface area contributed by atoms with Gasteiger partial charge in [0.15, 0.2) is 0 Å². The zero-order chi connectivity index (χ0) is 14.3. The molecular weight excluding hydrogens is 262 g/mol. The predicted octanol–water partition coefficient (Wildman–Crippen LogP) is 0.845. The van der Waals surface area contributed by atoms with Crippen LogP contribution in [-0.4, -0.2) is 39.4 Å². The average Bonchev–Trinajstić information content (AvgIpc) is 2.94. The molecule has 7 nitrogen and oxygen atoms in total. The number of para-hydroxylation sites is 1. The van der Waals surface area contributed by atoms with Crippen molar-refractivity contribution in [3.63, 3.8) is 0 Å². The minimum atomic E-state index is -1.23. The topological polar surface area (TPSA) is 102 Å². The smallest absolute Gasteiger partial charge is 0.325 e. The van der Waals surface area contributed by atoms with Gasteiger partial charge in [-0.15, -0.1) is 0 Å². The first-order valence-corrected chi connectivity index (χ1v) is 5.97. The number of aromatic amines is 1. The Bertz CT molecular complexity index is 721. The molecule has 102 valence electrons. The number of rotatable bonds is 3. The fraction of sp³-hybridized carbons (Fsp3) is 0.154. The number of carboxylic acid groups (broad SMARTS) is 1. The molecule has 0 radical (unpaired) electrons. The fourth-order valence-corrected chi connectivity index (χ4v) is 2.35. The first-order valence-electron chi connectivity index (χ1n) is 5.97. The number of imide groups is 1. The van der Waals surface area contributed by atoms with E-state index in [1.807, 2.05) is 24.3 Å². The second-order valence-electron chi connectivity index (χ2n) is 4.49. The molecule has 0 spiro atoms. The van der Waals surface area contributed by atoms with Crippen LogP contribution in [0.15, 0.2) is 30.5 Å². The summed E-state index contributed by atoms with van der Waals surface area (Å²) >= 11 is 0. The van der Waals surface area contributed by atoms with Gasteiger partial charge in [0.25, 0.3) is 5.91 Å². The number of benzene rings is 1. The van der Waals surface area contributed by atoms with E-state index in [0.29, 0.717) is 10.5 Å². The molecule has 1 atom stereocenters. The van der Waals surface area contributed by atoms with Gasteiger partial charge in [0.1, 0.15) is 12.6 Å². The van der Waals surface area contributed by atoms with E-state index in [-0.39, 0.29) is 0 Å². The molecule has 0 aliphatic carbocycles. The van der Waals surface area contributed by atoms with Gasteiger partial charge in [0, 0.05) is 22.7 Å². The van der Waals surface area contributed by atoms with E-state index in [9.17, 15) is 14.4 Å². The molecule has 2 aromatic rings. The maximum absolute atomic E-state index is 12.2. The van der Waals surface area contributed by atoms with Crippen molar-refractivity contribution in [1.29, 1.82) is 0 Å². The second kappa shape index (κ2) is 4.37. The van der Waals surface area contributed by atoms with E-state index in [2.05, 4.69) is 10.3 Å². The number of nitrogens with zero attached hydrogens (tertiary/aromatic N) is 1. The maximum Gasteiger partial charge on any atom is 0.325 e. The van der Waals surface area contributed by atoms with Gasteiger partial charge in [-0.25, -0.2) is 4.79 Å². The Hall–Kier alpha value is -2.83. The molecule has 1 aromatic heterocycles. The van der Waals surface area contributed by atoms with Crippen LogP contribution in [0.1, 0.15) is 11.6 Å². The van der Waals surface area contributed by atoms with Gasteiger partial charge in [0.05, 0.1) is 0 Å². The monoisotopic (exact) mass is 273 g/mol. The van der Waals surface area contributed by atoms with Gasteiger partial charge in [-0.1, -0.05) is 18.2 Å². The molecule has 2 heterocycles. The number of hydrogen-bond donors (Lipinski definition) is 3. The first-order chi connectivity index (χ1) is 9.58. The lowest BCUT2D eigenvalue weighted by Gasteiger charge is -2.09. The molecule has 3 rings (SSSR count). The third-order valence-corrected chi connectivity index (χ3v) is 3.25. The molecular formula is C13H11N3O4. The number of carboxylic acids is 1. The summed E-state index contributed by atoms with van der Waals surface area (Å²) in [5.74, 6) is -1.78. The van der Waals surface area contributed by atoms with E-state index < -0.39 is 30.5 Å². The van der Waals surface area contributed by atoms with Crippen LogP contribution in [0.2, 0.25) is 0 Å². The summed E-state index contributed by atoms with van der Waals surface area (Å²) in [6.07, 6.45) is 1.65. The lowest BCUT2D eigenvalue weighted by Crippen LogP contribution is -2.35. The number of nitrogens with one attached hydrogen (secondary N) is 2. The Morgan fingerprint density at radius 3 is 2.80 bits per heavy atom. The Labute approximate surface area is 113 Å². The number of amides is 3. The molecule has 0 bridgehead atoms. The van der Waals surface area contributed by atoms with Gasteiger partial charge in [0.2, 0.25) is 0 Å². The fourth-order valence-electron chi connectivity index (χ4n) is 2.35. The van der Waals surface area contributed by atoms with Crippen LogP contribution in [0.3, 0.4) is 0 Å². The van der Waals surface area contributed by atoms with Gasteiger partial charge in [-0.3, -0.25) is 14.5 Å². The summed E-state index contributed by atoms with van der Waals surface area (Å²) in [6.45, 7) is -0.635. The number of hydrogen-bond acceptors (Lipinski definition) is 3. The lowest BCUT2D eigenvalue weighted by atomic mass is 10.1. The van der Waals surface area contributed by atoms with E-state index in [1.165, 1.54) is 0 Å². The molecule has 1 fully saturated rings. The number of urea groups is 1. The van der Waals surface area contributed by atoms with E-state index in [0.717, 1.165) is 10.9 Å². The molecule has 20 heavy (non-hydrogen) atoms. The van der Waals surface area contributed by atoms with Gasteiger partial charge >= 0.3 is 12.0 Å². The normalized spacial score (nSPS) is 18.6. The second-order valence-corrected chi connectivity index (χ2v) is 4.49. The lowest BCUT2D eigenvalue weighted by molar-refractivity contribution is -0.141. The number of aliphatic carboxylic acids is 1. The predicted molar refractivity (Wildman–Crippen MR) is 68.9 cm³/mol. The standard InChI is InChI=1S/C13H11N3O4/c17-10(18)6-16-12(19)11(15-13(16)20)8-5-14-9-4-2-1-3-7(8)9/h1-5,11,14H,6H2,(H,15,20)(H,17,18)/t11-/m0/s1. The minimum Gasteiger partial charge on any atom is -0.480 e. The number of H-pyrrole nitrogens is 1. The van der Waals surface area contributed by atoms with Crippen LogP contribution in [0.5, 0.6) is 0 Å². The number of aromatic nitrogens is 1. The molecule has 0 saturated carbocycles. The van der Waals surface area contributed by atoms with E-state index in [4.69, 9.17) is 5.11 Å². The first kappa shape index (κ1) is 12.2. The van der Waals surface area contributed by atoms with Crippen molar-refractivity contribution in [2.24, 2.45) is 0 Å². The van der Waals surface area contributed by atoms with Gasteiger partial charge < -0.3 is 15.4 Å². The quantitative estimate of drug-likeness (QED) is 0.721. The Morgan fingerprint density at radius 2 is 2.05 bits per heavy atom. The molecule has 0 unspecified atom stereocenters. The van der Waals surface area contributed by atoms with Crippen LogP contribution in [-0.2, 0) is 9.59 Å². The molecule has 7 heteroatoms. The number of fused-ring (bicyclic) bond motifs is 1. The average molecular weight is 273 g/mol. The summed E-state index contributed by atoms with van der Waals surface area (Å²) in [5.41, 5.74) is 1.48. The SMILES string of the molecule is O=C(O)CN1C(=O)N[C@@H](c2c[nH]c3ccccc23)C1=O. The van der Waals surface area contributed by atoms with Gasteiger partial charge in [-0.05, 0) is 6.07 Å². The van der Waals surface area contributed by atoms with Crippen LogP contribution >= 0.6 is 0 Å².